The SMILES string of the molecule is CCC(C)(C)C(=O)OC1C2CC3C(=O)OC1C3O2.CCC(C)(C)C(=O)OCC(=O)OC1C2CC3C1OC(=O)C3C2C(=O)OC.CCC(C)(C)C(=O)OCC(=O)OC1CC2CCC1O2.CCC(C)(C)C(=O)OCC1C2CC3C1OC(=O)C3C2C(=O)OC.CCC(C)(C)C(=O)OCCC(=O)OC1CC2CCC1O2.CCC(C)(C)C(=O)OCCC1CC2CCC1O2. The highest BCUT2D eigenvalue weighted by molar-refractivity contribution is 5.88. The average molecular weight is 1740 g/mol. The first-order valence-electron chi connectivity index (χ1n) is 44.9. The predicted molar refractivity (Wildman–Crippen MR) is 430 cm³/mol. The van der Waals surface area contributed by atoms with Crippen molar-refractivity contribution in [3.05, 3.63) is 0 Å². The van der Waals surface area contributed by atoms with Gasteiger partial charge in [-0.2, -0.15) is 0 Å². The van der Waals surface area contributed by atoms with Crippen molar-refractivity contribution >= 4 is 83.6 Å². The molecule has 32 nitrogen and oxygen atoms in total. The van der Waals surface area contributed by atoms with Crippen LogP contribution in [0.3, 0.4) is 0 Å². The van der Waals surface area contributed by atoms with Crippen molar-refractivity contribution in [2.45, 2.75) is 345 Å². The number of ether oxygens (including phenoxy) is 18. The molecule has 0 aromatic carbocycles. The monoisotopic (exact) mass is 1740 g/mol. The van der Waals surface area contributed by atoms with Gasteiger partial charge in [-0.25, -0.2) is 9.59 Å². The predicted octanol–water partition coefficient (Wildman–Crippen LogP) is 10.4. The van der Waals surface area contributed by atoms with Gasteiger partial charge in [0.15, 0.2) is 25.4 Å². The van der Waals surface area contributed by atoms with Crippen molar-refractivity contribution < 1.29 is 152 Å². The number of rotatable bonds is 30. The molecule has 26 unspecified atom stereocenters. The Morgan fingerprint density at radius 3 is 1.22 bits per heavy atom. The highest BCUT2D eigenvalue weighted by Gasteiger charge is 2.72. The van der Waals surface area contributed by atoms with Gasteiger partial charge in [-0.1, -0.05) is 41.5 Å². The lowest BCUT2D eigenvalue weighted by Crippen LogP contribution is -2.44. The Balaban J connectivity index is 0.000000155. The highest BCUT2D eigenvalue weighted by Crippen LogP contribution is 2.62. The maximum absolute atomic E-state index is 12.2. The summed E-state index contributed by atoms with van der Waals surface area (Å²) < 4.78 is 96.1. The fourth-order valence-electron chi connectivity index (χ4n) is 19.0. The molecule has 123 heavy (non-hydrogen) atoms. The lowest BCUT2D eigenvalue weighted by molar-refractivity contribution is -0.174. The van der Waals surface area contributed by atoms with Crippen molar-refractivity contribution in [2.24, 2.45) is 97.6 Å². The zero-order chi connectivity index (χ0) is 90.5. The third-order valence-electron chi connectivity index (χ3n) is 29.4. The van der Waals surface area contributed by atoms with Crippen LogP contribution in [0.1, 0.15) is 253 Å². The summed E-state index contributed by atoms with van der Waals surface area (Å²) in [7, 11) is 2.60. The summed E-state index contributed by atoms with van der Waals surface area (Å²) in [6, 6.07) is 0. The lowest BCUT2D eigenvalue weighted by atomic mass is 9.74. The minimum atomic E-state index is -0.717. The molecule has 11 saturated heterocycles. The minimum absolute atomic E-state index is 0.00793. The smallest absolute Gasteiger partial charge is 0.344 e. The fourth-order valence-corrected chi connectivity index (χ4v) is 19.0. The van der Waals surface area contributed by atoms with E-state index in [0.717, 1.165) is 57.8 Å². The average Bonchev–Trinajstić information content (AvgIpc) is 1.45. The van der Waals surface area contributed by atoms with Gasteiger partial charge >= 0.3 is 83.6 Å². The first-order valence-corrected chi connectivity index (χ1v) is 44.9. The molecule has 11 aliphatic heterocycles. The van der Waals surface area contributed by atoms with Crippen LogP contribution in [-0.4, -0.2) is 222 Å². The normalized spacial score (nSPS) is 33.9. The topological polar surface area (TPSA) is 405 Å². The van der Waals surface area contributed by atoms with Crippen LogP contribution in [-0.2, 0) is 152 Å². The molecule has 15 fully saturated rings. The Bertz CT molecular complexity index is 3840. The molecule has 15 aliphatic rings. The molecule has 15 rings (SSSR count). The van der Waals surface area contributed by atoms with Crippen molar-refractivity contribution in [2.75, 3.05) is 47.3 Å². The highest BCUT2D eigenvalue weighted by atomic mass is 16.7. The number of esters is 14. The molecule has 692 valence electrons. The Morgan fingerprint density at radius 2 is 0.764 bits per heavy atom. The van der Waals surface area contributed by atoms with Crippen LogP contribution >= 0.6 is 0 Å². The third-order valence-corrected chi connectivity index (χ3v) is 29.4. The van der Waals surface area contributed by atoms with Gasteiger partial charge in [0.2, 0.25) is 0 Å². The summed E-state index contributed by atoms with van der Waals surface area (Å²) in [5.41, 5.74) is -3.13. The van der Waals surface area contributed by atoms with Gasteiger partial charge in [0.05, 0.1) is 139 Å². The van der Waals surface area contributed by atoms with Crippen LogP contribution in [0.4, 0.5) is 0 Å². The van der Waals surface area contributed by atoms with Crippen molar-refractivity contribution in [3.63, 3.8) is 0 Å². The Kier molecular flexibility index (Phi) is 31.9. The van der Waals surface area contributed by atoms with E-state index in [1.165, 1.54) is 33.5 Å². The number of carbonyl (C=O) groups excluding carboxylic acids is 14. The molecule has 0 N–H and O–H groups in total. The zero-order valence-corrected chi connectivity index (χ0v) is 75.8. The Hall–Kier alpha value is -7.58. The van der Waals surface area contributed by atoms with Gasteiger partial charge in [-0.3, -0.25) is 57.5 Å². The number of methoxy groups -OCH3 is 2. The van der Waals surface area contributed by atoms with Crippen LogP contribution in [0.25, 0.3) is 0 Å². The van der Waals surface area contributed by atoms with Crippen LogP contribution in [0.5, 0.6) is 0 Å². The molecule has 0 radical (unpaired) electrons. The van der Waals surface area contributed by atoms with Gasteiger partial charge in [-0.05, 0) is 204 Å². The summed E-state index contributed by atoms with van der Waals surface area (Å²) in [6.07, 6.45) is 15.0. The van der Waals surface area contributed by atoms with E-state index in [2.05, 4.69) is 0 Å². The lowest BCUT2D eigenvalue weighted by Gasteiger charge is -2.31. The van der Waals surface area contributed by atoms with E-state index in [1.54, 1.807) is 27.7 Å². The number of hydrogen-bond donors (Lipinski definition) is 0. The third kappa shape index (κ3) is 22.0. The fraction of sp³-hybridized carbons (Fsp3) is 0.846. The van der Waals surface area contributed by atoms with Crippen molar-refractivity contribution in [3.8, 4) is 0 Å². The van der Waals surface area contributed by atoms with Gasteiger partial charge in [0.1, 0.15) is 43.2 Å². The first-order chi connectivity index (χ1) is 57.8. The molecule has 0 aromatic heterocycles. The van der Waals surface area contributed by atoms with Crippen molar-refractivity contribution in [1.82, 2.24) is 0 Å². The maximum Gasteiger partial charge on any atom is 0.344 e. The van der Waals surface area contributed by atoms with Gasteiger partial charge in [-0.15, -0.1) is 0 Å². The van der Waals surface area contributed by atoms with Gasteiger partial charge in [0, 0.05) is 36.5 Å². The Morgan fingerprint density at radius 1 is 0.358 bits per heavy atom. The zero-order valence-electron chi connectivity index (χ0n) is 75.8. The molecule has 26 atom stereocenters. The van der Waals surface area contributed by atoms with E-state index in [0.29, 0.717) is 69.7 Å². The summed E-state index contributed by atoms with van der Waals surface area (Å²) in [5, 5.41) is 0. The van der Waals surface area contributed by atoms with Crippen LogP contribution in [0.2, 0.25) is 0 Å². The Labute approximate surface area is 722 Å². The molecule has 4 aliphatic carbocycles. The van der Waals surface area contributed by atoms with E-state index in [4.69, 9.17) is 85.3 Å². The van der Waals surface area contributed by atoms with E-state index in [9.17, 15) is 67.1 Å². The molecule has 11 heterocycles. The standard InChI is InChI=1S/C18H24O8.C17H24O6.C15H24O5.C14H22O5.C14H24O3.C13H18O5/c1-5-18(2,3)17(22)24-7-10(19)25-13-8-6-9-12(11(8)15(20)23-4)16(21)26-14(9)13;1-5-17(2,3)16(20)22-7-10-8-6-9-12(11(8)14(18)21-4)15(19)23-13(9)10;1-4-15(2,3)14(17)18-8-7-13(16)20-12-9-10-5-6-11(12)19-10;1-4-14(2,3)13(16)17-8-12(15)19-11-7-9-5-6-10(11)18-9;1-4-14(2,3)13(15)16-8-7-10-9-11-5-6-12(10)17-11;1-4-13(2,3)12(15)18-9-7-5-6-8(16-7)10(9)17-11(6)14/h8-9,11-14H,5-7H2,1-4H3;8-13H,5-7H2,1-4H3;10-12H,4-9H2,1-3H3;9-11H,4-8H2,1-3H3;10-12H,4-9H2,1-3H3;6-10H,4-5H2,1-3H3. The second-order valence-electron chi connectivity index (χ2n) is 39.6. The van der Waals surface area contributed by atoms with E-state index in [1.807, 2.05) is 96.9 Å². The second-order valence-corrected chi connectivity index (χ2v) is 39.6. The van der Waals surface area contributed by atoms with Crippen LogP contribution in [0.15, 0.2) is 0 Å². The van der Waals surface area contributed by atoms with E-state index in [-0.39, 0.29) is 182 Å². The molecular formula is C91H136O32. The molecule has 0 aromatic rings. The molecular weight excluding hydrogens is 1600 g/mol. The summed E-state index contributed by atoms with van der Waals surface area (Å²) in [5.74, 6) is -7.05. The quantitative estimate of drug-likeness (QED) is 0.0476. The van der Waals surface area contributed by atoms with E-state index < -0.39 is 106 Å². The largest absolute Gasteiger partial charge is 0.469 e. The minimum Gasteiger partial charge on any atom is -0.469 e. The van der Waals surface area contributed by atoms with Gasteiger partial charge < -0.3 is 85.3 Å². The van der Waals surface area contributed by atoms with Crippen molar-refractivity contribution in [1.29, 1.82) is 0 Å². The summed E-state index contributed by atoms with van der Waals surface area (Å²) in [6.45, 7) is 33.6. The molecule has 0 spiro atoms. The first kappa shape index (κ1) is 97.6. The number of carbonyl (C=O) groups is 14. The summed E-state index contributed by atoms with van der Waals surface area (Å²) in [4.78, 5) is 167. The summed E-state index contributed by atoms with van der Waals surface area (Å²) >= 11 is 0. The van der Waals surface area contributed by atoms with Crippen LogP contribution < -0.4 is 0 Å². The maximum atomic E-state index is 12.2. The molecule has 32 heteroatoms. The molecule has 12 bridgehead atoms. The second kappa shape index (κ2) is 40.2. The number of hydrogen-bond acceptors (Lipinski definition) is 32. The van der Waals surface area contributed by atoms with Gasteiger partial charge in [0.25, 0.3) is 0 Å². The molecule has 0 amide bonds. The molecule has 4 saturated carbocycles. The van der Waals surface area contributed by atoms with E-state index >= 15 is 0 Å². The van der Waals surface area contributed by atoms with Crippen LogP contribution in [0, 0.1) is 97.6 Å². The number of fused-ring (bicyclic) bond motifs is 9.